The molecule has 7 nitrogen and oxygen atoms in total. The van der Waals surface area contributed by atoms with E-state index >= 15 is 0 Å². The Balaban J connectivity index is 1.74. The smallest absolute Gasteiger partial charge is 0.269 e. The van der Waals surface area contributed by atoms with Crippen molar-refractivity contribution in [2.75, 3.05) is 0 Å². The van der Waals surface area contributed by atoms with Crippen LogP contribution in [0.15, 0.2) is 64.6 Å². The third kappa shape index (κ3) is 4.71. The van der Waals surface area contributed by atoms with Gasteiger partial charge in [0.25, 0.3) is 11.6 Å². The zero-order valence-corrected chi connectivity index (χ0v) is 19.9. The van der Waals surface area contributed by atoms with Gasteiger partial charge in [0.05, 0.1) is 9.83 Å². The number of benzene rings is 2. The summed E-state index contributed by atoms with van der Waals surface area (Å²) in [4.78, 5) is 31.0. The Morgan fingerprint density at radius 2 is 1.88 bits per heavy atom. The van der Waals surface area contributed by atoms with Gasteiger partial charge in [0.1, 0.15) is 0 Å². The van der Waals surface area contributed by atoms with Gasteiger partial charge in [-0.3, -0.25) is 24.8 Å². The summed E-state index contributed by atoms with van der Waals surface area (Å²) < 4.78 is 2.06. The van der Waals surface area contributed by atoms with Crippen molar-refractivity contribution in [2.45, 2.75) is 46.3 Å². The molecule has 1 fully saturated rings. The zero-order valence-electron chi connectivity index (χ0n) is 19.1. The maximum atomic E-state index is 13.2. The Morgan fingerprint density at radius 1 is 1.12 bits per heavy atom. The monoisotopic (exact) mass is 462 g/mol. The van der Waals surface area contributed by atoms with E-state index in [-0.39, 0.29) is 28.6 Å². The fraction of sp³-hybridized carbons (Fsp3) is 0.280. The molecule has 2 aromatic carbocycles. The number of carbonyl (C=O) groups is 1. The van der Waals surface area contributed by atoms with Gasteiger partial charge in [-0.25, -0.2) is 0 Å². The minimum Gasteiger partial charge on any atom is -0.342 e. The second-order valence-corrected chi connectivity index (χ2v) is 9.55. The van der Waals surface area contributed by atoms with E-state index in [9.17, 15) is 14.9 Å². The lowest BCUT2D eigenvalue weighted by atomic mass is 10.1. The van der Waals surface area contributed by atoms with E-state index in [4.69, 9.17) is 0 Å². The first-order valence-corrected chi connectivity index (χ1v) is 11.7. The molecule has 1 amide bonds. The largest absolute Gasteiger partial charge is 0.342 e. The number of aromatic nitrogens is 1. The van der Waals surface area contributed by atoms with Crippen LogP contribution in [0.25, 0.3) is 17.0 Å². The van der Waals surface area contributed by atoms with E-state index in [1.165, 1.54) is 17.8 Å². The van der Waals surface area contributed by atoms with Gasteiger partial charge in [0.2, 0.25) is 0 Å². The fourth-order valence-electron chi connectivity index (χ4n) is 3.88. The maximum absolute atomic E-state index is 13.2. The molecule has 0 saturated carbocycles. The Hall–Kier alpha value is -3.39. The number of hydrogen-bond donors (Lipinski definition) is 0. The van der Waals surface area contributed by atoms with Crippen LogP contribution >= 0.6 is 11.8 Å². The molecule has 0 spiro atoms. The molecule has 0 N–H and O–H groups in total. The molecular weight excluding hydrogens is 436 g/mol. The van der Waals surface area contributed by atoms with E-state index < -0.39 is 0 Å². The molecule has 3 aromatic rings. The summed E-state index contributed by atoms with van der Waals surface area (Å²) in [5, 5.41) is 12.9. The highest BCUT2D eigenvalue weighted by Crippen LogP contribution is 2.36. The average Bonchev–Trinajstić information content (AvgIpc) is 3.25. The number of thioether (sulfide) groups is 1. The molecule has 33 heavy (non-hydrogen) atoms. The number of amides is 1. The van der Waals surface area contributed by atoms with Crippen LogP contribution in [0.4, 0.5) is 5.69 Å². The SMILES string of the molecule is CC(C)N=C1S/C(=C/c2cn(Cc3cccc([N+](=O)[O-])c3)c3ccccc23)C(=O)N1C(C)C. The van der Waals surface area contributed by atoms with Gasteiger partial charge in [-0.1, -0.05) is 30.3 Å². The quantitative estimate of drug-likeness (QED) is 0.268. The third-order valence-electron chi connectivity index (χ3n) is 5.30. The topological polar surface area (TPSA) is 80.7 Å². The van der Waals surface area contributed by atoms with Gasteiger partial charge in [-0.2, -0.15) is 0 Å². The van der Waals surface area contributed by atoms with Gasteiger partial charge >= 0.3 is 0 Å². The normalized spacial score (nSPS) is 16.8. The highest BCUT2D eigenvalue weighted by Gasteiger charge is 2.35. The molecular formula is C25H26N4O3S. The minimum absolute atomic E-state index is 0.0172. The lowest BCUT2D eigenvalue weighted by Gasteiger charge is -2.20. The van der Waals surface area contributed by atoms with E-state index in [1.807, 2.05) is 70.3 Å². The summed E-state index contributed by atoms with van der Waals surface area (Å²) in [6.07, 6.45) is 3.93. The Kier molecular flexibility index (Phi) is 6.37. The molecule has 4 rings (SSSR count). The van der Waals surface area contributed by atoms with Crippen LogP contribution in [0, 0.1) is 10.1 Å². The number of hydrogen-bond acceptors (Lipinski definition) is 5. The standard InChI is InChI=1S/C25H26N4O3S/c1-16(2)26-25-28(17(3)4)24(30)23(33-25)13-19-15-27(22-11-6-5-10-21(19)22)14-18-8-7-9-20(12-18)29(31)32/h5-13,15-17H,14H2,1-4H3/b23-13+,26-25?. The second kappa shape index (κ2) is 9.23. The van der Waals surface area contributed by atoms with Crippen LogP contribution < -0.4 is 0 Å². The molecule has 8 heteroatoms. The van der Waals surface area contributed by atoms with Crippen LogP contribution in [0.1, 0.15) is 38.8 Å². The molecule has 2 heterocycles. The second-order valence-electron chi connectivity index (χ2n) is 8.54. The molecule has 170 valence electrons. The van der Waals surface area contributed by atoms with Crippen molar-refractivity contribution < 1.29 is 9.72 Å². The van der Waals surface area contributed by atoms with Crippen molar-refractivity contribution >= 4 is 45.5 Å². The minimum atomic E-state index is -0.382. The molecule has 0 unspecified atom stereocenters. The van der Waals surface area contributed by atoms with Gasteiger partial charge in [0, 0.05) is 53.4 Å². The number of nitro groups is 1. The van der Waals surface area contributed by atoms with E-state index in [1.54, 1.807) is 17.0 Å². The highest BCUT2D eigenvalue weighted by atomic mass is 32.2. The Morgan fingerprint density at radius 3 is 2.58 bits per heavy atom. The van der Waals surface area contributed by atoms with Crippen molar-refractivity contribution in [3.8, 4) is 0 Å². The summed E-state index contributed by atoms with van der Waals surface area (Å²) in [5.74, 6) is -0.0371. The number of para-hydroxylation sites is 1. The molecule has 1 aromatic heterocycles. The van der Waals surface area contributed by atoms with Gasteiger partial charge in [-0.15, -0.1) is 0 Å². The Bertz CT molecular complexity index is 1290. The first-order valence-electron chi connectivity index (χ1n) is 10.9. The number of rotatable bonds is 6. The number of non-ortho nitro benzene ring substituents is 1. The van der Waals surface area contributed by atoms with Crippen molar-refractivity contribution in [1.29, 1.82) is 0 Å². The average molecular weight is 463 g/mol. The van der Waals surface area contributed by atoms with Gasteiger partial charge in [-0.05, 0) is 57.2 Å². The molecule has 0 bridgehead atoms. The lowest BCUT2D eigenvalue weighted by molar-refractivity contribution is -0.384. The van der Waals surface area contributed by atoms with E-state index in [0.717, 1.165) is 27.2 Å². The van der Waals surface area contributed by atoms with Crippen LogP contribution in [0.2, 0.25) is 0 Å². The summed E-state index contributed by atoms with van der Waals surface area (Å²) in [5.41, 5.74) is 2.85. The molecule has 0 radical (unpaired) electrons. The Labute approximate surface area is 197 Å². The fourth-order valence-corrected chi connectivity index (χ4v) is 5.10. The maximum Gasteiger partial charge on any atom is 0.269 e. The number of carbonyl (C=O) groups excluding carboxylic acids is 1. The predicted molar refractivity (Wildman–Crippen MR) is 134 cm³/mol. The van der Waals surface area contributed by atoms with Crippen LogP contribution in [-0.4, -0.2) is 37.5 Å². The molecule has 1 saturated heterocycles. The lowest BCUT2D eigenvalue weighted by Crippen LogP contribution is -2.35. The third-order valence-corrected chi connectivity index (χ3v) is 6.30. The van der Waals surface area contributed by atoms with Crippen LogP contribution in [0.3, 0.4) is 0 Å². The summed E-state index contributed by atoms with van der Waals surface area (Å²) in [6, 6.07) is 14.8. The molecule has 1 aliphatic heterocycles. The molecule has 1 aliphatic rings. The number of aliphatic imine (C=N–C) groups is 1. The van der Waals surface area contributed by atoms with Gasteiger partial charge < -0.3 is 4.57 Å². The molecule has 0 aliphatic carbocycles. The highest BCUT2D eigenvalue weighted by molar-refractivity contribution is 8.18. The van der Waals surface area contributed by atoms with Crippen LogP contribution in [0.5, 0.6) is 0 Å². The zero-order chi connectivity index (χ0) is 23.7. The van der Waals surface area contributed by atoms with Crippen molar-refractivity contribution in [1.82, 2.24) is 9.47 Å². The summed E-state index contributed by atoms with van der Waals surface area (Å²) >= 11 is 1.41. The first kappa shape index (κ1) is 22.8. The molecule has 0 atom stereocenters. The van der Waals surface area contributed by atoms with Crippen LogP contribution in [-0.2, 0) is 11.3 Å². The number of nitrogens with zero attached hydrogens (tertiary/aromatic N) is 4. The number of fused-ring (bicyclic) bond motifs is 1. The number of nitro benzene ring substituents is 1. The summed E-state index contributed by atoms with van der Waals surface area (Å²) in [6.45, 7) is 8.47. The van der Waals surface area contributed by atoms with Crippen molar-refractivity contribution in [3.05, 3.63) is 80.9 Å². The van der Waals surface area contributed by atoms with Crippen molar-refractivity contribution in [3.63, 3.8) is 0 Å². The van der Waals surface area contributed by atoms with Crippen molar-refractivity contribution in [2.24, 2.45) is 4.99 Å². The van der Waals surface area contributed by atoms with E-state index in [2.05, 4.69) is 9.56 Å². The van der Waals surface area contributed by atoms with Gasteiger partial charge in [0.15, 0.2) is 5.17 Å². The van der Waals surface area contributed by atoms with E-state index in [0.29, 0.717) is 11.4 Å². The summed E-state index contributed by atoms with van der Waals surface area (Å²) in [7, 11) is 0. The predicted octanol–water partition coefficient (Wildman–Crippen LogP) is 5.69. The number of amidine groups is 1. The first-order chi connectivity index (χ1) is 15.7.